The van der Waals surface area contributed by atoms with Crippen molar-refractivity contribution in [3.05, 3.63) is 83.1 Å². The van der Waals surface area contributed by atoms with E-state index in [1.54, 1.807) is 6.07 Å². The van der Waals surface area contributed by atoms with E-state index in [2.05, 4.69) is 9.62 Å². The van der Waals surface area contributed by atoms with Crippen LogP contribution >= 0.6 is 11.6 Å². The van der Waals surface area contributed by atoms with E-state index in [1.807, 2.05) is 29.2 Å². The van der Waals surface area contributed by atoms with E-state index in [4.69, 9.17) is 21.5 Å². The third kappa shape index (κ3) is 7.99. The molecule has 4 rings (SSSR count). The third-order valence-corrected chi connectivity index (χ3v) is 7.23. The predicted octanol–water partition coefficient (Wildman–Crippen LogP) is 4.94. The van der Waals surface area contributed by atoms with Crippen LogP contribution in [0.2, 0.25) is 5.02 Å². The molecule has 3 N–H and O–H groups in total. The van der Waals surface area contributed by atoms with Gasteiger partial charge in [0.15, 0.2) is 0 Å². The summed E-state index contributed by atoms with van der Waals surface area (Å²) in [5, 5.41) is 17.2. The lowest BCUT2D eigenvalue weighted by atomic mass is 10.1. The SMILES string of the molecule is O=C(O)C(F)(F)F.O=C(O)c1ccc(N2CCN(c3cccc(Cl)c3)CC2)c(NS(=O)(=O)c2cccc(F)c2)c1. The van der Waals surface area contributed by atoms with Gasteiger partial charge in [0, 0.05) is 36.9 Å². The van der Waals surface area contributed by atoms with E-state index in [0.29, 0.717) is 36.9 Å². The fraction of sp³-hybridized carbons (Fsp3) is 0.200. The summed E-state index contributed by atoms with van der Waals surface area (Å²) in [6.07, 6.45) is -5.08. The van der Waals surface area contributed by atoms with Crippen molar-refractivity contribution in [3.8, 4) is 0 Å². The molecule has 0 saturated carbocycles. The van der Waals surface area contributed by atoms with Gasteiger partial charge in [0.25, 0.3) is 10.0 Å². The second-order valence-electron chi connectivity index (χ2n) is 8.36. The van der Waals surface area contributed by atoms with Gasteiger partial charge in [-0.3, -0.25) is 4.72 Å². The molecular formula is C25H22ClF4N3O6S. The average molecular weight is 604 g/mol. The van der Waals surface area contributed by atoms with Gasteiger partial charge in [0.2, 0.25) is 0 Å². The normalized spacial score (nSPS) is 13.7. The summed E-state index contributed by atoms with van der Waals surface area (Å²) in [5.41, 5.74) is 1.60. The number of carbonyl (C=O) groups is 2. The second kappa shape index (κ2) is 12.4. The molecule has 3 aromatic rings. The quantitative estimate of drug-likeness (QED) is 0.338. The molecular weight excluding hydrogens is 582 g/mol. The van der Waals surface area contributed by atoms with Crippen LogP contribution in [0.25, 0.3) is 0 Å². The summed E-state index contributed by atoms with van der Waals surface area (Å²) in [5.74, 6) is -4.62. The van der Waals surface area contributed by atoms with Crippen molar-refractivity contribution in [2.24, 2.45) is 0 Å². The minimum atomic E-state index is -5.08. The lowest BCUT2D eigenvalue weighted by molar-refractivity contribution is -0.192. The molecule has 1 aliphatic heterocycles. The van der Waals surface area contributed by atoms with E-state index < -0.39 is 34.0 Å². The highest BCUT2D eigenvalue weighted by atomic mass is 35.5. The number of hydrogen-bond donors (Lipinski definition) is 3. The third-order valence-electron chi connectivity index (χ3n) is 5.63. The largest absolute Gasteiger partial charge is 0.490 e. The molecule has 15 heteroatoms. The van der Waals surface area contributed by atoms with Crippen LogP contribution in [0.3, 0.4) is 0 Å². The molecule has 214 valence electrons. The van der Waals surface area contributed by atoms with Crippen LogP contribution in [0, 0.1) is 5.82 Å². The minimum absolute atomic E-state index is 0.0618. The topological polar surface area (TPSA) is 127 Å². The van der Waals surface area contributed by atoms with Crippen molar-refractivity contribution in [2.45, 2.75) is 11.1 Å². The molecule has 0 unspecified atom stereocenters. The van der Waals surface area contributed by atoms with Crippen molar-refractivity contribution in [1.29, 1.82) is 0 Å². The molecule has 1 heterocycles. The molecule has 0 atom stereocenters. The molecule has 0 aliphatic carbocycles. The summed E-state index contributed by atoms with van der Waals surface area (Å²) in [7, 11) is -4.13. The summed E-state index contributed by atoms with van der Waals surface area (Å²) in [6, 6.07) is 16.5. The van der Waals surface area contributed by atoms with Gasteiger partial charge in [-0.15, -0.1) is 0 Å². The molecule has 40 heavy (non-hydrogen) atoms. The number of nitrogens with zero attached hydrogens (tertiary/aromatic N) is 2. The number of aromatic carboxylic acids is 1. The first-order valence-corrected chi connectivity index (χ1v) is 13.2. The maximum Gasteiger partial charge on any atom is 0.490 e. The summed E-state index contributed by atoms with van der Waals surface area (Å²) < 4.78 is 73.5. The smallest absolute Gasteiger partial charge is 0.478 e. The van der Waals surface area contributed by atoms with Gasteiger partial charge in [-0.05, 0) is 54.6 Å². The Morgan fingerprint density at radius 1 is 0.875 bits per heavy atom. The van der Waals surface area contributed by atoms with Gasteiger partial charge in [0.1, 0.15) is 5.82 Å². The second-order valence-corrected chi connectivity index (χ2v) is 10.5. The number of aliphatic carboxylic acids is 1. The number of halogens is 5. The predicted molar refractivity (Wildman–Crippen MR) is 140 cm³/mol. The number of alkyl halides is 3. The Kier molecular flexibility index (Phi) is 9.48. The van der Waals surface area contributed by atoms with Gasteiger partial charge < -0.3 is 20.0 Å². The highest BCUT2D eigenvalue weighted by Gasteiger charge is 2.38. The number of sulfonamides is 1. The van der Waals surface area contributed by atoms with E-state index in [0.717, 1.165) is 17.8 Å². The summed E-state index contributed by atoms with van der Waals surface area (Å²) in [6.45, 7) is 2.48. The van der Waals surface area contributed by atoms with Crippen LogP contribution in [0.15, 0.2) is 71.6 Å². The maximum absolute atomic E-state index is 13.6. The molecule has 0 aromatic heterocycles. The lowest BCUT2D eigenvalue weighted by Gasteiger charge is -2.38. The molecule has 1 fully saturated rings. The molecule has 1 saturated heterocycles. The number of carboxylic acids is 2. The van der Waals surface area contributed by atoms with Crippen LogP contribution in [-0.2, 0) is 14.8 Å². The van der Waals surface area contributed by atoms with Gasteiger partial charge >= 0.3 is 18.1 Å². The fourth-order valence-electron chi connectivity index (χ4n) is 3.74. The van der Waals surface area contributed by atoms with Gasteiger partial charge in [0.05, 0.1) is 21.8 Å². The summed E-state index contributed by atoms with van der Waals surface area (Å²) >= 11 is 6.10. The number of carboxylic acid groups (broad SMARTS) is 2. The Labute approximate surface area is 231 Å². The molecule has 0 bridgehead atoms. The number of rotatable bonds is 6. The van der Waals surface area contributed by atoms with E-state index in [9.17, 15) is 35.9 Å². The molecule has 9 nitrogen and oxygen atoms in total. The Morgan fingerprint density at radius 2 is 1.48 bits per heavy atom. The first kappa shape index (κ1) is 30.5. The van der Waals surface area contributed by atoms with Crippen LogP contribution < -0.4 is 14.5 Å². The maximum atomic E-state index is 13.6. The Bertz CT molecular complexity index is 1500. The molecule has 1 aliphatic rings. The average Bonchev–Trinajstić information content (AvgIpc) is 2.88. The summed E-state index contributed by atoms with van der Waals surface area (Å²) in [4.78, 5) is 24.3. The fourth-order valence-corrected chi connectivity index (χ4v) is 5.02. The zero-order chi connectivity index (χ0) is 29.7. The molecule has 0 radical (unpaired) electrons. The van der Waals surface area contributed by atoms with E-state index in [-0.39, 0.29) is 16.1 Å². The molecule has 3 aromatic carbocycles. The standard InChI is InChI=1S/C23H21ClFN3O4S.C2HF3O2/c24-17-3-1-5-19(14-17)27-9-11-28(12-10-27)22-8-7-16(23(29)30)13-21(22)26-33(31,32)20-6-2-4-18(25)15-20;3-2(4,5)1(6)7/h1-8,13-15,26H,9-12H2,(H,29,30);(H,6,7). The molecule has 0 amide bonds. The van der Waals surface area contributed by atoms with Crippen LogP contribution in [0.4, 0.5) is 34.6 Å². The Balaban J connectivity index is 0.000000559. The van der Waals surface area contributed by atoms with Crippen molar-refractivity contribution in [2.75, 3.05) is 40.7 Å². The van der Waals surface area contributed by atoms with Crippen molar-refractivity contribution in [3.63, 3.8) is 0 Å². The van der Waals surface area contributed by atoms with Gasteiger partial charge in [-0.1, -0.05) is 23.7 Å². The first-order valence-electron chi connectivity index (χ1n) is 11.4. The first-order chi connectivity index (χ1) is 18.7. The van der Waals surface area contributed by atoms with Crippen LogP contribution in [0.5, 0.6) is 0 Å². The van der Waals surface area contributed by atoms with Crippen LogP contribution in [-0.4, -0.2) is 62.9 Å². The van der Waals surface area contributed by atoms with Crippen molar-refractivity contribution < 1.29 is 45.8 Å². The zero-order valence-electron chi connectivity index (χ0n) is 20.4. The van der Waals surface area contributed by atoms with Crippen molar-refractivity contribution in [1.82, 2.24) is 0 Å². The highest BCUT2D eigenvalue weighted by molar-refractivity contribution is 7.92. The zero-order valence-corrected chi connectivity index (χ0v) is 22.0. The number of hydrogen-bond acceptors (Lipinski definition) is 6. The monoisotopic (exact) mass is 603 g/mol. The van der Waals surface area contributed by atoms with Gasteiger partial charge in [-0.2, -0.15) is 13.2 Å². The number of benzene rings is 3. The van der Waals surface area contributed by atoms with E-state index in [1.165, 1.54) is 24.3 Å². The Hall–Kier alpha value is -4.04. The van der Waals surface area contributed by atoms with Crippen LogP contribution in [0.1, 0.15) is 10.4 Å². The molecule has 0 spiro atoms. The lowest BCUT2D eigenvalue weighted by Crippen LogP contribution is -2.46. The van der Waals surface area contributed by atoms with E-state index >= 15 is 0 Å². The van der Waals surface area contributed by atoms with Crippen molar-refractivity contribution >= 4 is 50.6 Å². The minimum Gasteiger partial charge on any atom is -0.478 e. The number of anilines is 3. The highest BCUT2D eigenvalue weighted by Crippen LogP contribution is 2.31. The van der Waals surface area contributed by atoms with Gasteiger partial charge in [-0.25, -0.2) is 22.4 Å². The number of piperazine rings is 1. The Morgan fingerprint density at radius 3 is 2.02 bits per heavy atom. The number of nitrogens with one attached hydrogen (secondary N) is 1.